The summed E-state index contributed by atoms with van der Waals surface area (Å²) in [7, 11) is 0. The highest BCUT2D eigenvalue weighted by atomic mass is 35.5. The second kappa shape index (κ2) is 7.33. The highest BCUT2D eigenvalue weighted by molar-refractivity contribution is 6.42. The van der Waals surface area contributed by atoms with E-state index in [1.165, 1.54) is 12.1 Å². The van der Waals surface area contributed by atoms with Gasteiger partial charge in [0.1, 0.15) is 18.2 Å². The average Bonchev–Trinajstić information content (AvgIpc) is 2.47. The van der Waals surface area contributed by atoms with Crippen molar-refractivity contribution in [2.24, 2.45) is 5.73 Å². The van der Waals surface area contributed by atoms with E-state index in [2.05, 4.69) is 11.8 Å². The van der Waals surface area contributed by atoms with Crippen LogP contribution in [0.3, 0.4) is 0 Å². The van der Waals surface area contributed by atoms with Crippen LogP contribution in [0.4, 0.5) is 4.39 Å². The average molecular weight is 324 g/mol. The summed E-state index contributed by atoms with van der Waals surface area (Å²) < 4.78 is 18.9. The van der Waals surface area contributed by atoms with E-state index in [1.54, 1.807) is 24.3 Å². The SMILES string of the molecule is NCC#Cc1cc(F)ccc1COc1ccc(Cl)c(Cl)c1. The highest BCUT2D eigenvalue weighted by Crippen LogP contribution is 2.27. The normalized spacial score (nSPS) is 9.90. The smallest absolute Gasteiger partial charge is 0.124 e. The molecule has 0 aromatic heterocycles. The van der Waals surface area contributed by atoms with Crippen LogP contribution >= 0.6 is 23.2 Å². The number of benzene rings is 2. The fourth-order valence-electron chi connectivity index (χ4n) is 1.66. The lowest BCUT2D eigenvalue weighted by Crippen LogP contribution is -2.00. The van der Waals surface area contributed by atoms with E-state index < -0.39 is 0 Å². The zero-order chi connectivity index (χ0) is 15.2. The molecule has 0 aliphatic heterocycles. The largest absolute Gasteiger partial charge is 0.489 e. The van der Waals surface area contributed by atoms with Gasteiger partial charge >= 0.3 is 0 Å². The lowest BCUT2D eigenvalue weighted by Gasteiger charge is -2.09. The summed E-state index contributed by atoms with van der Waals surface area (Å²) in [6.45, 7) is 0.455. The first-order chi connectivity index (χ1) is 10.1. The minimum absolute atomic E-state index is 0.212. The summed E-state index contributed by atoms with van der Waals surface area (Å²) in [4.78, 5) is 0. The summed E-state index contributed by atoms with van der Waals surface area (Å²) in [5.74, 6) is 5.76. The molecule has 2 aromatic carbocycles. The molecule has 2 rings (SSSR count). The summed E-state index contributed by atoms with van der Waals surface area (Å²) in [5.41, 5.74) is 6.66. The van der Waals surface area contributed by atoms with Gasteiger partial charge < -0.3 is 10.5 Å². The molecular formula is C16H12Cl2FNO. The minimum Gasteiger partial charge on any atom is -0.489 e. The lowest BCUT2D eigenvalue weighted by atomic mass is 10.1. The molecule has 21 heavy (non-hydrogen) atoms. The van der Waals surface area contributed by atoms with Gasteiger partial charge in [-0.05, 0) is 24.3 Å². The summed E-state index contributed by atoms with van der Waals surface area (Å²) in [6.07, 6.45) is 0. The van der Waals surface area contributed by atoms with Gasteiger partial charge in [0.05, 0.1) is 16.6 Å². The van der Waals surface area contributed by atoms with Gasteiger partial charge in [0.2, 0.25) is 0 Å². The first-order valence-corrected chi connectivity index (χ1v) is 6.91. The third-order valence-corrected chi connectivity index (χ3v) is 3.42. The molecule has 0 saturated heterocycles. The first-order valence-electron chi connectivity index (χ1n) is 6.15. The predicted molar refractivity (Wildman–Crippen MR) is 83.1 cm³/mol. The van der Waals surface area contributed by atoms with Crippen LogP contribution in [-0.2, 0) is 6.61 Å². The molecule has 0 radical (unpaired) electrons. The Balaban J connectivity index is 2.17. The fraction of sp³-hybridized carbons (Fsp3) is 0.125. The van der Waals surface area contributed by atoms with Crippen molar-refractivity contribution in [2.45, 2.75) is 6.61 Å². The van der Waals surface area contributed by atoms with Crippen molar-refractivity contribution >= 4 is 23.2 Å². The van der Waals surface area contributed by atoms with Gasteiger partial charge in [0.15, 0.2) is 0 Å². The molecule has 0 saturated carbocycles. The third kappa shape index (κ3) is 4.37. The van der Waals surface area contributed by atoms with Crippen LogP contribution in [-0.4, -0.2) is 6.54 Å². The van der Waals surface area contributed by atoms with Crippen LogP contribution in [0.25, 0.3) is 0 Å². The Morgan fingerprint density at radius 2 is 1.90 bits per heavy atom. The molecule has 5 heteroatoms. The quantitative estimate of drug-likeness (QED) is 0.866. The molecule has 0 bridgehead atoms. The van der Waals surface area contributed by atoms with Crippen LogP contribution in [0.2, 0.25) is 10.0 Å². The van der Waals surface area contributed by atoms with E-state index in [0.717, 1.165) is 5.56 Å². The Morgan fingerprint density at radius 1 is 1.10 bits per heavy atom. The van der Waals surface area contributed by atoms with E-state index in [0.29, 0.717) is 21.4 Å². The number of hydrogen-bond donors (Lipinski definition) is 1. The molecule has 0 fully saturated rings. The Bertz CT molecular complexity index is 707. The molecular weight excluding hydrogens is 312 g/mol. The van der Waals surface area contributed by atoms with E-state index in [-0.39, 0.29) is 19.0 Å². The number of hydrogen-bond acceptors (Lipinski definition) is 2. The molecule has 0 unspecified atom stereocenters. The monoisotopic (exact) mass is 323 g/mol. The van der Waals surface area contributed by atoms with Crippen molar-refractivity contribution in [1.82, 2.24) is 0 Å². The highest BCUT2D eigenvalue weighted by Gasteiger charge is 2.05. The Morgan fingerprint density at radius 3 is 2.62 bits per heavy atom. The predicted octanol–water partition coefficient (Wildman–Crippen LogP) is 4.02. The van der Waals surface area contributed by atoms with Crippen molar-refractivity contribution in [3.05, 3.63) is 63.4 Å². The third-order valence-electron chi connectivity index (χ3n) is 2.68. The first kappa shape index (κ1) is 15.7. The molecule has 0 aliphatic rings. The van der Waals surface area contributed by atoms with Crippen molar-refractivity contribution in [1.29, 1.82) is 0 Å². The van der Waals surface area contributed by atoms with Crippen molar-refractivity contribution in [3.63, 3.8) is 0 Å². The summed E-state index contributed by atoms with van der Waals surface area (Å²) in [5, 5.41) is 0.872. The summed E-state index contributed by atoms with van der Waals surface area (Å²) in [6, 6.07) is 9.34. The van der Waals surface area contributed by atoms with Gasteiger partial charge in [0.25, 0.3) is 0 Å². The second-order valence-corrected chi connectivity index (χ2v) is 4.99. The number of halogens is 3. The van der Waals surface area contributed by atoms with Crippen LogP contribution in [0.1, 0.15) is 11.1 Å². The second-order valence-electron chi connectivity index (χ2n) is 4.17. The van der Waals surface area contributed by atoms with Crippen molar-refractivity contribution in [3.8, 4) is 17.6 Å². The van der Waals surface area contributed by atoms with Gasteiger partial charge in [0, 0.05) is 17.2 Å². The maximum absolute atomic E-state index is 13.3. The topological polar surface area (TPSA) is 35.2 Å². The molecule has 0 amide bonds. The zero-order valence-corrected chi connectivity index (χ0v) is 12.5. The molecule has 108 valence electrons. The lowest BCUT2D eigenvalue weighted by molar-refractivity contribution is 0.306. The molecule has 0 spiro atoms. The van der Waals surface area contributed by atoms with Gasteiger partial charge in [-0.2, -0.15) is 0 Å². The summed E-state index contributed by atoms with van der Waals surface area (Å²) >= 11 is 11.8. The van der Waals surface area contributed by atoms with Gasteiger partial charge in [-0.3, -0.25) is 0 Å². The standard InChI is InChI=1S/C16H12Cl2FNO/c17-15-6-5-14(9-16(15)18)21-10-12-3-4-13(19)8-11(12)2-1-7-20/h3-6,8-9H,7,10,20H2. The van der Waals surface area contributed by atoms with Crippen LogP contribution in [0.15, 0.2) is 36.4 Å². The molecule has 0 atom stereocenters. The van der Waals surface area contributed by atoms with E-state index in [9.17, 15) is 4.39 Å². The van der Waals surface area contributed by atoms with Gasteiger partial charge in [-0.25, -0.2) is 4.39 Å². The minimum atomic E-state index is -0.352. The maximum Gasteiger partial charge on any atom is 0.124 e. The van der Waals surface area contributed by atoms with Gasteiger partial charge in [-0.1, -0.05) is 41.1 Å². The van der Waals surface area contributed by atoms with Gasteiger partial charge in [-0.15, -0.1) is 0 Å². The van der Waals surface area contributed by atoms with E-state index in [4.69, 9.17) is 33.7 Å². The number of rotatable bonds is 3. The number of ether oxygens (including phenoxy) is 1. The van der Waals surface area contributed by atoms with Crippen molar-refractivity contribution in [2.75, 3.05) is 6.54 Å². The van der Waals surface area contributed by atoms with Crippen LogP contribution < -0.4 is 10.5 Å². The Labute approximate surface area is 132 Å². The molecule has 2 N–H and O–H groups in total. The van der Waals surface area contributed by atoms with Crippen molar-refractivity contribution < 1.29 is 9.13 Å². The van der Waals surface area contributed by atoms with Crippen LogP contribution in [0.5, 0.6) is 5.75 Å². The molecule has 0 aliphatic carbocycles. The number of nitrogens with two attached hydrogens (primary N) is 1. The van der Waals surface area contributed by atoms with E-state index >= 15 is 0 Å². The Hall–Kier alpha value is -1.73. The molecule has 2 aromatic rings. The van der Waals surface area contributed by atoms with Crippen LogP contribution in [0, 0.1) is 17.7 Å². The zero-order valence-electron chi connectivity index (χ0n) is 11.0. The maximum atomic E-state index is 13.3. The van der Waals surface area contributed by atoms with E-state index in [1.807, 2.05) is 0 Å². The molecule has 2 nitrogen and oxygen atoms in total. The Kier molecular flexibility index (Phi) is 5.46. The fourth-order valence-corrected chi connectivity index (χ4v) is 1.95. The molecule has 0 heterocycles.